The molecule has 0 saturated carbocycles. The molecule has 0 aliphatic carbocycles. The molecular formula is C15H23ClO2Si. The van der Waals surface area contributed by atoms with Crippen molar-refractivity contribution in [3.05, 3.63) is 34.9 Å². The molecule has 106 valence electrons. The van der Waals surface area contributed by atoms with Gasteiger partial charge in [0.05, 0.1) is 0 Å². The minimum atomic E-state index is -2.02. The van der Waals surface area contributed by atoms with Gasteiger partial charge in [0.2, 0.25) is 0 Å². The van der Waals surface area contributed by atoms with Crippen LogP contribution in [0.2, 0.25) is 23.2 Å². The number of benzene rings is 1. The smallest absolute Gasteiger partial charge is 0.193 e. The van der Waals surface area contributed by atoms with Gasteiger partial charge in [-0.25, -0.2) is 0 Å². The average molecular weight is 299 g/mol. The Balaban J connectivity index is 3.12. The Morgan fingerprint density at radius 2 is 1.79 bits per heavy atom. The highest BCUT2D eigenvalue weighted by molar-refractivity contribution is 6.74. The lowest BCUT2D eigenvalue weighted by atomic mass is 10.1. The van der Waals surface area contributed by atoms with Crippen LogP contribution in [-0.4, -0.2) is 14.1 Å². The van der Waals surface area contributed by atoms with Crippen LogP contribution >= 0.6 is 11.6 Å². The second kappa shape index (κ2) is 5.78. The first-order chi connectivity index (χ1) is 8.56. The minimum Gasteiger partial charge on any atom is -0.403 e. The van der Waals surface area contributed by atoms with Crippen LogP contribution in [0.3, 0.4) is 0 Å². The van der Waals surface area contributed by atoms with Crippen LogP contribution in [0, 0.1) is 0 Å². The zero-order valence-corrected chi connectivity index (χ0v) is 14.3. The first-order valence-electron chi connectivity index (χ1n) is 6.49. The van der Waals surface area contributed by atoms with E-state index in [1.165, 1.54) is 0 Å². The monoisotopic (exact) mass is 298 g/mol. The number of carbonyl (C=O) groups excluding carboxylic acids is 1. The van der Waals surface area contributed by atoms with Gasteiger partial charge in [0.15, 0.2) is 14.1 Å². The highest BCUT2D eigenvalue weighted by atomic mass is 35.5. The summed E-state index contributed by atoms with van der Waals surface area (Å²) in [5.41, 5.74) is 0.765. The number of carbonyl (C=O) groups is 1. The lowest BCUT2D eigenvalue weighted by molar-refractivity contribution is -0.124. The molecule has 0 heterocycles. The quantitative estimate of drug-likeness (QED) is 0.732. The number of ketones is 1. The van der Waals surface area contributed by atoms with Crippen molar-refractivity contribution in [3.63, 3.8) is 0 Å². The Morgan fingerprint density at radius 3 is 2.21 bits per heavy atom. The average Bonchev–Trinajstić information content (AvgIpc) is 2.25. The van der Waals surface area contributed by atoms with Crippen LogP contribution in [0.4, 0.5) is 0 Å². The van der Waals surface area contributed by atoms with E-state index in [9.17, 15) is 4.79 Å². The third kappa shape index (κ3) is 3.91. The molecule has 0 bridgehead atoms. The molecule has 0 saturated heterocycles. The number of rotatable bonds is 4. The normalized spacial score (nSPS) is 14.3. The molecule has 0 radical (unpaired) electrons. The third-order valence-electron chi connectivity index (χ3n) is 3.78. The largest absolute Gasteiger partial charge is 0.403 e. The summed E-state index contributed by atoms with van der Waals surface area (Å²) in [6.45, 7) is 12.3. The molecule has 0 unspecified atom stereocenters. The second-order valence-electron chi connectivity index (χ2n) is 6.39. The van der Waals surface area contributed by atoms with Gasteiger partial charge in [0, 0.05) is 10.6 Å². The van der Waals surface area contributed by atoms with E-state index >= 15 is 0 Å². The van der Waals surface area contributed by atoms with Crippen molar-refractivity contribution in [1.82, 2.24) is 0 Å². The molecule has 4 heteroatoms. The van der Waals surface area contributed by atoms with E-state index in [1.54, 1.807) is 13.0 Å². The van der Waals surface area contributed by atoms with Crippen LogP contribution in [0.15, 0.2) is 24.3 Å². The Kier molecular flexibility index (Phi) is 4.99. The van der Waals surface area contributed by atoms with Crippen molar-refractivity contribution >= 4 is 25.7 Å². The fourth-order valence-corrected chi connectivity index (χ4v) is 3.00. The van der Waals surface area contributed by atoms with Gasteiger partial charge in [0.25, 0.3) is 0 Å². The predicted molar refractivity (Wildman–Crippen MR) is 83.2 cm³/mol. The summed E-state index contributed by atoms with van der Waals surface area (Å²) in [5, 5.41) is 0.642. The Hall–Kier alpha value is -0.643. The summed E-state index contributed by atoms with van der Waals surface area (Å²) >= 11 is 6.19. The standard InChI is InChI=1S/C15H23ClO2Si/c1-11(17)14(12-9-7-8-10-13(12)16)18-19(5,6)15(2,3)4/h7-10,14H,1-6H3/t14-/m1/s1. The number of hydrogen-bond donors (Lipinski definition) is 0. The number of halogens is 1. The van der Waals surface area contributed by atoms with E-state index in [0.29, 0.717) is 5.02 Å². The SMILES string of the molecule is CC(=O)[C@@H](O[Si](C)(C)C(C)(C)C)c1ccccc1Cl. The topological polar surface area (TPSA) is 26.3 Å². The van der Waals surface area contributed by atoms with Gasteiger partial charge >= 0.3 is 0 Å². The molecule has 0 aromatic heterocycles. The van der Waals surface area contributed by atoms with Crippen molar-refractivity contribution in [2.75, 3.05) is 0 Å². The first-order valence-corrected chi connectivity index (χ1v) is 9.77. The fourth-order valence-electron chi connectivity index (χ4n) is 1.52. The van der Waals surface area contributed by atoms with Crippen molar-refractivity contribution < 1.29 is 9.22 Å². The zero-order chi connectivity index (χ0) is 14.8. The highest BCUT2D eigenvalue weighted by Crippen LogP contribution is 2.40. The van der Waals surface area contributed by atoms with Gasteiger partial charge in [-0.15, -0.1) is 0 Å². The maximum absolute atomic E-state index is 11.9. The molecule has 2 nitrogen and oxygen atoms in total. The molecule has 0 aliphatic heterocycles. The Morgan fingerprint density at radius 1 is 1.26 bits per heavy atom. The van der Waals surface area contributed by atoms with Crippen LogP contribution in [0.5, 0.6) is 0 Å². The summed E-state index contributed by atoms with van der Waals surface area (Å²) in [6.07, 6.45) is -0.561. The summed E-state index contributed by atoms with van der Waals surface area (Å²) in [5.74, 6) is -0.00192. The van der Waals surface area contributed by atoms with E-state index in [-0.39, 0.29) is 10.8 Å². The van der Waals surface area contributed by atoms with E-state index < -0.39 is 14.4 Å². The molecule has 1 atom stereocenters. The molecule has 0 fully saturated rings. The zero-order valence-electron chi connectivity index (χ0n) is 12.6. The molecule has 0 N–H and O–H groups in total. The molecule has 19 heavy (non-hydrogen) atoms. The van der Waals surface area contributed by atoms with E-state index in [0.717, 1.165) is 5.56 Å². The summed E-state index contributed by atoms with van der Waals surface area (Å²) in [7, 11) is -2.02. The van der Waals surface area contributed by atoms with Gasteiger partial charge in [-0.2, -0.15) is 0 Å². The van der Waals surface area contributed by atoms with Crippen LogP contribution < -0.4 is 0 Å². The first kappa shape index (κ1) is 16.4. The maximum Gasteiger partial charge on any atom is 0.193 e. The van der Waals surface area contributed by atoms with Gasteiger partial charge in [-0.05, 0) is 31.1 Å². The van der Waals surface area contributed by atoms with Crippen molar-refractivity contribution in [2.45, 2.75) is 51.9 Å². The summed E-state index contributed by atoms with van der Waals surface area (Å²) in [6, 6.07) is 7.39. The third-order valence-corrected chi connectivity index (χ3v) is 8.56. The van der Waals surface area contributed by atoms with Crippen LogP contribution in [0.25, 0.3) is 0 Å². The van der Waals surface area contributed by atoms with Gasteiger partial charge < -0.3 is 4.43 Å². The highest BCUT2D eigenvalue weighted by Gasteiger charge is 2.40. The van der Waals surface area contributed by atoms with E-state index in [2.05, 4.69) is 33.9 Å². The summed E-state index contributed by atoms with van der Waals surface area (Å²) in [4.78, 5) is 11.9. The Bertz CT molecular complexity index is 463. The minimum absolute atomic E-state index is 0.00192. The van der Waals surface area contributed by atoms with E-state index in [1.807, 2.05) is 18.2 Å². The predicted octanol–water partition coefficient (Wildman–Crippen LogP) is 4.99. The van der Waals surface area contributed by atoms with E-state index in [4.69, 9.17) is 16.0 Å². The molecule has 0 aliphatic rings. The summed E-state index contributed by atoms with van der Waals surface area (Å²) < 4.78 is 6.24. The van der Waals surface area contributed by atoms with Gasteiger partial charge in [-0.1, -0.05) is 50.6 Å². The number of Topliss-reactive ketones (excluding diaryl/α,β-unsaturated/α-hetero) is 1. The molecule has 1 aromatic rings. The van der Waals surface area contributed by atoms with Gasteiger partial charge in [0.1, 0.15) is 6.10 Å². The molecule has 1 rings (SSSR count). The van der Waals surface area contributed by atoms with Crippen LogP contribution in [-0.2, 0) is 9.22 Å². The molecule has 1 aromatic carbocycles. The maximum atomic E-state index is 11.9. The van der Waals surface area contributed by atoms with Crippen molar-refractivity contribution in [1.29, 1.82) is 0 Å². The molecule has 0 spiro atoms. The fraction of sp³-hybridized carbons (Fsp3) is 0.533. The molecule has 0 amide bonds. The van der Waals surface area contributed by atoms with Gasteiger partial charge in [-0.3, -0.25) is 4.79 Å². The van der Waals surface area contributed by atoms with Crippen LogP contribution in [0.1, 0.15) is 39.4 Å². The molecular weight excluding hydrogens is 276 g/mol. The van der Waals surface area contributed by atoms with Crippen molar-refractivity contribution in [2.24, 2.45) is 0 Å². The Labute approximate surface area is 122 Å². The second-order valence-corrected chi connectivity index (χ2v) is 11.6. The lowest BCUT2D eigenvalue weighted by Gasteiger charge is -2.38. The lowest BCUT2D eigenvalue weighted by Crippen LogP contribution is -2.43. The van der Waals surface area contributed by atoms with Crippen molar-refractivity contribution in [3.8, 4) is 0 Å². The number of hydrogen-bond acceptors (Lipinski definition) is 2.